The molecule has 1 heterocycles. The highest BCUT2D eigenvalue weighted by molar-refractivity contribution is 5.96. The van der Waals surface area contributed by atoms with E-state index in [2.05, 4.69) is 5.32 Å². The van der Waals surface area contributed by atoms with E-state index in [9.17, 15) is 40.3 Å². The van der Waals surface area contributed by atoms with Gasteiger partial charge in [0.25, 0.3) is 0 Å². The molecule has 0 spiro atoms. The standard InChI is InChI=1S/C20H16F7N3O3/c1-29(13-5-3-12(21)4-6-13)18(32)33-16-14(20(25,26)27)9-11(19(22,23)24)10-15(16)30-8-2-7-28-17(30)31/h3-6,9-10H,2,7-8H2,1H3,(H,28,31). The summed E-state index contributed by atoms with van der Waals surface area (Å²) in [5.41, 5.74) is -4.38. The summed E-state index contributed by atoms with van der Waals surface area (Å²) in [6, 6.07) is 3.45. The van der Waals surface area contributed by atoms with E-state index in [0.717, 1.165) is 36.2 Å². The number of alkyl halides is 6. The quantitative estimate of drug-likeness (QED) is 0.599. The first kappa shape index (κ1) is 24.1. The molecule has 178 valence electrons. The van der Waals surface area contributed by atoms with Gasteiger partial charge in [-0.25, -0.2) is 14.0 Å². The molecule has 1 aliphatic heterocycles. The lowest BCUT2D eigenvalue weighted by Crippen LogP contribution is -2.47. The molecular formula is C20H16F7N3O3. The Bertz CT molecular complexity index is 1050. The van der Waals surface area contributed by atoms with Gasteiger partial charge in [0.1, 0.15) is 11.4 Å². The number of halogens is 7. The molecule has 33 heavy (non-hydrogen) atoms. The number of urea groups is 1. The van der Waals surface area contributed by atoms with Gasteiger partial charge in [-0.3, -0.25) is 9.80 Å². The highest BCUT2D eigenvalue weighted by Gasteiger charge is 2.43. The molecular weight excluding hydrogens is 463 g/mol. The van der Waals surface area contributed by atoms with E-state index < -0.39 is 52.9 Å². The summed E-state index contributed by atoms with van der Waals surface area (Å²) >= 11 is 0. The van der Waals surface area contributed by atoms with Crippen molar-refractivity contribution in [1.82, 2.24) is 5.32 Å². The van der Waals surface area contributed by atoms with Gasteiger partial charge in [0.05, 0.1) is 11.3 Å². The maximum Gasteiger partial charge on any atom is 0.420 e. The van der Waals surface area contributed by atoms with Gasteiger partial charge >= 0.3 is 24.5 Å². The molecule has 0 atom stereocenters. The van der Waals surface area contributed by atoms with E-state index in [-0.39, 0.29) is 31.3 Å². The predicted octanol–water partition coefficient (Wildman–Crippen LogP) is 5.42. The van der Waals surface area contributed by atoms with Crippen LogP contribution in [-0.4, -0.2) is 32.3 Å². The highest BCUT2D eigenvalue weighted by Crippen LogP contribution is 2.46. The summed E-state index contributed by atoms with van der Waals surface area (Å²) in [6.45, 7) is -0.0361. The lowest BCUT2D eigenvalue weighted by atomic mass is 10.1. The van der Waals surface area contributed by atoms with Crippen molar-refractivity contribution in [2.45, 2.75) is 18.8 Å². The minimum Gasteiger partial charge on any atom is -0.407 e. The third-order valence-corrected chi connectivity index (χ3v) is 4.75. The molecule has 1 aliphatic rings. The number of ether oxygens (including phenoxy) is 1. The lowest BCUT2D eigenvalue weighted by Gasteiger charge is -2.31. The summed E-state index contributed by atoms with van der Waals surface area (Å²) < 4.78 is 99.3. The Morgan fingerprint density at radius 3 is 2.24 bits per heavy atom. The largest absolute Gasteiger partial charge is 0.420 e. The van der Waals surface area contributed by atoms with Gasteiger partial charge in [0.2, 0.25) is 0 Å². The van der Waals surface area contributed by atoms with Gasteiger partial charge in [-0.2, -0.15) is 26.3 Å². The Morgan fingerprint density at radius 1 is 1.06 bits per heavy atom. The molecule has 2 aromatic carbocycles. The molecule has 0 aliphatic carbocycles. The Kier molecular flexibility index (Phi) is 6.43. The third-order valence-electron chi connectivity index (χ3n) is 4.75. The van der Waals surface area contributed by atoms with Gasteiger partial charge in [-0.05, 0) is 42.8 Å². The number of nitrogens with one attached hydrogen (secondary N) is 1. The number of benzene rings is 2. The molecule has 1 saturated heterocycles. The van der Waals surface area contributed by atoms with E-state index in [1.807, 2.05) is 0 Å². The van der Waals surface area contributed by atoms with Crippen LogP contribution in [0.5, 0.6) is 5.75 Å². The second kappa shape index (κ2) is 8.79. The third kappa shape index (κ3) is 5.29. The van der Waals surface area contributed by atoms with Crippen LogP contribution in [0.25, 0.3) is 0 Å². The van der Waals surface area contributed by atoms with Crippen LogP contribution in [0.2, 0.25) is 0 Å². The smallest absolute Gasteiger partial charge is 0.407 e. The molecule has 0 unspecified atom stereocenters. The fourth-order valence-corrected chi connectivity index (χ4v) is 3.08. The molecule has 0 aromatic heterocycles. The first-order valence-electron chi connectivity index (χ1n) is 9.38. The van der Waals surface area contributed by atoms with Crippen LogP contribution in [0, 0.1) is 5.82 Å². The SMILES string of the molecule is CN(C(=O)Oc1c(N2CCCNC2=O)cc(C(F)(F)F)cc1C(F)(F)F)c1ccc(F)cc1. The Hall–Kier alpha value is -3.51. The maximum atomic E-state index is 13.7. The van der Waals surface area contributed by atoms with Crippen LogP contribution in [0.1, 0.15) is 17.5 Å². The maximum absolute atomic E-state index is 13.7. The van der Waals surface area contributed by atoms with Crippen molar-refractivity contribution < 1.29 is 45.1 Å². The Morgan fingerprint density at radius 2 is 1.70 bits per heavy atom. The summed E-state index contributed by atoms with van der Waals surface area (Å²) in [7, 11) is 1.11. The second-order valence-electron chi connectivity index (χ2n) is 7.01. The molecule has 1 fully saturated rings. The summed E-state index contributed by atoms with van der Waals surface area (Å²) in [5, 5.41) is 2.32. The summed E-state index contributed by atoms with van der Waals surface area (Å²) in [4.78, 5) is 26.2. The summed E-state index contributed by atoms with van der Waals surface area (Å²) in [6.07, 6.45) is -11.7. The van der Waals surface area contributed by atoms with Crippen molar-refractivity contribution in [3.8, 4) is 5.75 Å². The van der Waals surface area contributed by atoms with Crippen LogP contribution in [0.15, 0.2) is 36.4 Å². The van der Waals surface area contributed by atoms with Gasteiger partial charge in [0, 0.05) is 25.8 Å². The molecule has 6 nitrogen and oxygen atoms in total. The normalized spacial score (nSPS) is 14.7. The van der Waals surface area contributed by atoms with Crippen LogP contribution in [-0.2, 0) is 12.4 Å². The number of nitrogens with zero attached hydrogens (tertiary/aromatic N) is 2. The topological polar surface area (TPSA) is 61.9 Å². The van der Waals surface area contributed by atoms with Crippen LogP contribution < -0.4 is 19.9 Å². The van der Waals surface area contributed by atoms with Crippen LogP contribution in [0.4, 0.5) is 51.7 Å². The van der Waals surface area contributed by atoms with Crippen molar-refractivity contribution in [1.29, 1.82) is 0 Å². The number of rotatable bonds is 3. The average Bonchev–Trinajstić information content (AvgIpc) is 2.72. The molecule has 2 aromatic rings. The van der Waals surface area contributed by atoms with E-state index in [1.54, 1.807) is 0 Å². The van der Waals surface area contributed by atoms with E-state index in [1.165, 1.54) is 0 Å². The Balaban J connectivity index is 2.13. The molecule has 13 heteroatoms. The molecule has 1 N–H and O–H groups in total. The van der Waals surface area contributed by atoms with Crippen molar-refractivity contribution in [2.75, 3.05) is 29.9 Å². The number of carbonyl (C=O) groups excluding carboxylic acids is 2. The summed E-state index contributed by atoms with van der Waals surface area (Å²) in [5.74, 6) is -1.90. The molecule has 3 rings (SSSR count). The minimum atomic E-state index is -5.35. The molecule has 0 bridgehead atoms. The molecule has 3 amide bonds. The van der Waals surface area contributed by atoms with E-state index in [4.69, 9.17) is 4.74 Å². The number of hydrogen-bond donors (Lipinski definition) is 1. The number of amides is 3. The molecule has 0 saturated carbocycles. The lowest BCUT2D eigenvalue weighted by molar-refractivity contribution is -0.143. The van der Waals surface area contributed by atoms with Crippen molar-refractivity contribution in [3.05, 3.63) is 53.3 Å². The van der Waals surface area contributed by atoms with Gasteiger partial charge in [-0.15, -0.1) is 0 Å². The van der Waals surface area contributed by atoms with Gasteiger partial charge in [0.15, 0.2) is 5.75 Å². The van der Waals surface area contributed by atoms with Gasteiger partial charge in [-0.1, -0.05) is 0 Å². The predicted molar refractivity (Wildman–Crippen MR) is 103 cm³/mol. The van der Waals surface area contributed by atoms with Gasteiger partial charge < -0.3 is 10.1 Å². The van der Waals surface area contributed by atoms with Crippen molar-refractivity contribution in [2.24, 2.45) is 0 Å². The first-order chi connectivity index (χ1) is 15.3. The number of hydrogen-bond acceptors (Lipinski definition) is 3. The highest BCUT2D eigenvalue weighted by atomic mass is 19.4. The molecule has 0 radical (unpaired) electrons. The van der Waals surface area contributed by atoms with Crippen LogP contribution in [0.3, 0.4) is 0 Å². The number of anilines is 2. The van der Waals surface area contributed by atoms with Crippen molar-refractivity contribution >= 4 is 23.5 Å². The fraction of sp³-hybridized carbons (Fsp3) is 0.300. The van der Waals surface area contributed by atoms with Crippen LogP contribution >= 0.6 is 0 Å². The first-order valence-corrected chi connectivity index (χ1v) is 9.38. The zero-order chi connectivity index (χ0) is 24.6. The zero-order valence-corrected chi connectivity index (χ0v) is 16.9. The average molecular weight is 479 g/mol. The second-order valence-corrected chi connectivity index (χ2v) is 7.01. The minimum absolute atomic E-state index is 0.0409. The zero-order valence-electron chi connectivity index (χ0n) is 16.9. The Labute approximate surface area is 182 Å². The monoisotopic (exact) mass is 479 g/mol. The fourth-order valence-electron chi connectivity index (χ4n) is 3.08. The van der Waals surface area contributed by atoms with E-state index >= 15 is 0 Å². The van der Waals surface area contributed by atoms with Crippen molar-refractivity contribution in [3.63, 3.8) is 0 Å². The number of carbonyl (C=O) groups is 2. The van der Waals surface area contributed by atoms with E-state index in [0.29, 0.717) is 11.0 Å².